The first-order valence-corrected chi connectivity index (χ1v) is 8.56. The molecule has 0 unspecified atom stereocenters. The summed E-state index contributed by atoms with van der Waals surface area (Å²) in [7, 11) is 0. The molecule has 0 fully saturated rings. The van der Waals surface area contributed by atoms with Crippen LogP contribution in [0.1, 0.15) is 35.6 Å². The van der Waals surface area contributed by atoms with E-state index in [1.54, 1.807) is 11.8 Å². The van der Waals surface area contributed by atoms with E-state index in [1.807, 2.05) is 38.1 Å². The van der Waals surface area contributed by atoms with Crippen molar-refractivity contribution in [3.63, 3.8) is 0 Å². The molecule has 6 nitrogen and oxygen atoms in total. The van der Waals surface area contributed by atoms with Gasteiger partial charge in [0, 0.05) is 17.6 Å². The van der Waals surface area contributed by atoms with Crippen LogP contribution in [0.15, 0.2) is 28.7 Å². The standard InChI is InChI=1S/C17H21BrN4O2/c1-4-22(5-2)16(23)15-11(3)20-17(19)21-14(15)10-24-13-8-6-12(18)7-9-13/h6-9H,4-5,10H2,1-3H3,(H2,19,20,21). The molecular formula is C17H21BrN4O2. The van der Waals surface area contributed by atoms with Gasteiger partial charge in [-0.05, 0) is 45.0 Å². The maximum atomic E-state index is 12.8. The number of hydrogen-bond donors (Lipinski definition) is 1. The number of nitrogens with two attached hydrogens (primary N) is 1. The summed E-state index contributed by atoms with van der Waals surface area (Å²) in [5.41, 5.74) is 7.28. The van der Waals surface area contributed by atoms with E-state index in [1.165, 1.54) is 0 Å². The van der Waals surface area contributed by atoms with Crippen LogP contribution in [0, 0.1) is 6.92 Å². The summed E-state index contributed by atoms with van der Waals surface area (Å²) in [6.07, 6.45) is 0. The Morgan fingerprint density at radius 3 is 2.42 bits per heavy atom. The first kappa shape index (κ1) is 18.2. The van der Waals surface area contributed by atoms with Crippen molar-refractivity contribution in [1.29, 1.82) is 0 Å². The highest BCUT2D eigenvalue weighted by atomic mass is 79.9. The number of carbonyl (C=O) groups is 1. The molecular weight excluding hydrogens is 372 g/mol. The van der Waals surface area contributed by atoms with Crippen LogP contribution >= 0.6 is 15.9 Å². The third-order valence-electron chi connectivity index (χ3n) is 3.64. The average molecular weight is 393 g/mol. The fourth-order valence-corrected chi connectivity index (χ4v) is 2.65. The number of nitrogen functional groups attached to an aromatic ring is 1. The molecule has 2 aromatic rings. The molecule has 0 saturated heterocycles. The van der Waals surface area contributed by atoms with E-state index in [0.29, 0.717) is 35.8 Å². The smallest absolute Gasteiger partial charge is 0.257 e. The number of carbonyl (C=O) groups excluding carboxylic acids is 1. The zero-order valence-corrected chi connectivity index (χ0v) is 15.6. The Bertz CT molecular complexity index is 715. The van der Waals surface area contributed by atoms with Crippen molar-refractivity contribution in [2.45, 2.75) is 27.4 Å². The summed E-state index contributed by atoms with van der Waals surface area (Å²) >= 11 is 3.38. The van der Waals surface area contributed by atoms with Crippen molar-refractivity contribution in [2.24, 2.45) is 0 Å². The van der Waals surface area contributed by atoms with Gasteiger partial charge in [0.05, 0.1) is 17.0 Å². The zero-order chi connectivity index (χ0) is 17.7. The number of amides is 1. The monoisotopic (exact) mass is 392 g/mol. The van der Waals surface area contributed by atoms with Gasteiger partial charge < -0.3 is 15.4 Å². The van der Waals surface area contributed by atoms with Crippen molar-refractivity contribution in [3.8, 4) is 5.75 Å². The molecule has 1 amide bonds. The maximum absolute atomic E-state index is 12.8. The number of halogens is 1. The van der Waals surface area contributed by atoms with Crippen LogP contribution in [0.5, 0.6) is 5.75 Å². The van der Waals surface area contributed by atoms with Gasteiger partial charge >= 0.3 is 0 Å². The van der Waals surface area contributed by atoms with E-state index in [-0.39, 0.29) is 18.5 Å². The van der Waals surface area contributed by atoms with E-state index >= 15 is 0 Å². The average Bonchev–Trinajstić information content (AvgIpc) is 2.54. The third kappa shape index (κ3) is 4.23. The van der Waals surface area contributed by atoms with Gasteiger partial charge in [-0.25, -0.2) is 9.97 Å². The number of aryl methyl sites for hydroxylation is 1. The highest BCUT2D eigenvalue weighted by Gasteiger charge is 2.22. The minimum atomic E-state index is -0.105. The number of aromatic nitrogens is 2. The van der Waals surface area contributed by atoms with Gasteiger partial charge in [-0.15, -0.1) is 0 Å². The lowest BCUT2D eigenvalue weighted by Crippen LogP contribution is -2.32. The molecule has 128 valence electrons. The van der Waals surface area contributed by atoms with E-state index in [2.05, 4.69) is 25.9 Å². The third-order valence-corrected chi connectivity index (χ3v) is 4.16. The van der Waals surface area contributed by atoms with Crippen LogP contribution in [-0.4, -0.2) is 33.9 Å². The quantitative estimate of drug-likeness (QED) is 0.815. The van der Waals surface area contributed by atoms with Crippen LogP contribution in [-0.2, 0) is 6.61 Å². The SMILES string of the molecule is CCN(CC)C(=O)c1c(C)nc(N)nc1COc1ccc(Br)cc1. The number of anilines is 1. The molecule has 2 N–H and O–H groups in total. The van der Waals surface area contributed by atoms with E-state index in [0.717, 1.165) is 4.47 Å². The van der Waals surface area contributed by atoms with Crippen LogP contribution < -0.4 is 10.5 Å². The Hall–Kier alpha value is -2.15. The lowest BCUT2D eigenvalue weighted by atomic mass is 10.1. The van der Waals surface area contributed by atoms with Gasteiger partial charge in [-0.2, -0.15) is 0 Å². The lowest BCUT2D eigenvalue weighted by Gasteiger charge is -2.21. The Morgan fingerprint density at radius 2 is 1.83 bits per heavy atom. The Morgan fingerprint density at radius 1 is 1.21 bits per heavy atom. The molecule has 0 aliphatic rings. The molecule has 1 heterocycles. The largest absolute Gasteiger partial charge is 0.487 e. The second-order valence-corrected chi connectivity index (χ2v) is 6.12. The summed E-state index contributed by atoms with van der Waals surface area (Å²) in [5.74, 6) is 0.721. The molecule has 7 heteroatoms. The molecule has 0 saturated carbocycles. The van der Waals surface area contributed by atoms with Crippen LogP contribution in [0.4, 0.5) is 5.95 Å². The van der Waals surface area contributed by atoms with Gasteiger partial charge in [-0.1, -0.05) is 15.9 Å². The highest BCUT2D eigenvalue weighted by Crippen LogP contribution is 2.20. The van der Waals surface area contributed by atoms with Gasteiger partial charge in [-0.3, -0.25) is 4.79 Å². The second-order valence-electron chi connectivity index (χ2n) is 5.21. The Labute approximate surface area is 150 Å². The Kier molecular flexibility index (Phi) is 6.14. The highest BCUT2D eigenvalue weighted by molar-refractivity contribution is 9.10. The number of benzene rings is 1. The molecule has 0 aliphatic carbocycles. The summed E-state index contributed by atoms with van der Waals surface area (Å²) in [4.78, 5) is 22.8. The summed E-state index contributed by atoms with van der Waals surface area (Å²) in [6, 6.07) is 7.45. The van der Waals surface area contributed by atoms with Crippen molar-refractivity contribution >= 4 is 27.8 Å². The van der Waals surface area contributed by atoms with Crippen molar-refractivity contribution in [1.82, 2.24) is 14.9 Å². The minimum absolute atomic E-state index is 0.105. The first-order valence-electron chi connectivity index (χ1n) is 7.76. The van der Waals surface area contributed by atoms with Crippen LogP contribution in [0.25, 0.3) is 0 Å². The minimum Gasteiger partial charge on any atom is -0.487 e. The fraction of sp³-hybridized carbons (Fsp3) is 0.353. The molecule has 0 spiro atoms. The van der Waals surface area contributed by atoms with Crippen molar-refractivity contribution < 1.29 is 9.53 Å². The molecule has 0 radical (unpaired) electrons. The summed E-state index contributed by atoms with van der Waals surface area (Å²) in [5, 5.41) is 0. The summed E-state index contributed by atoms with van der Waals surface area (Å²) in [6.45, 7) is 7.02. The molecule has 0 bridgehead atoms. The first-order chi connectivity index (χ1) is 11.5. The molecule has 24 heavy (non-hydrogen) atoms. The second kappa shape index (κ2) is 8.10. The number of nitrogens with zero attached hydrogens (tertiary/aromatic N) is 3. The van der Waals surface area contributed by atoms with Crippen LogP contribution in [0.2, 0.25) is 0 Å². The van der Waals surface area contributed by atoms with Crippen LogP contribution in [0.3, 0.4) is 0 Å². The number of hydrogen-bond acceptors (Lipinski definition) is 5. The normalized spacial score (nSPS) is 10.5. The molecule has 0 atom stereocenters. The predicted octanol–water partition coefficient (Wildman–Crippen LogP) is 3.19. The molecule has 0 aliphatic heterocycles. The predicted molar refractivity (Wildman–Crippen MR) is 96.9 cm³/mol. The zero-order valence-electron chi connectivity index (χ0n) is 14.0. The molecule has 1 aromatic carbocycles. The van der Waals surface area contributed by atoms with Gasteiger partial charge in [0.15, 0.2) is 0 Å². The lowest BCUT2D eigenvalue weighted by molar-refractivity contribution is 0.0768. The molecule has 2 rings (SSSR count). The van der Waals surface area contributed by atoms with Gasteiger partial charge in [0.25, 0.3) is 5.91 Å². The summed E-state index contributed by atoms with van der Waals surface area (Å²) < 4.78 is 6.72. The van der Waals surface area contributed by atoms with Gasteiger partial charge in [0.1, 0.15) is 12.4 Å². The number of ether oxygens (including phenoxy) is 1. The maximum Gasteiger partial charge on any atom is 0.257 e. The molecule has 1 aromatic heterocycles. The van der Waals surface area contributed by atoms with Crippen molar-refractivity contribution in [2.75, 3.05) is 18.8 Å². The van der Waals surface area contributed by atoms with E-state index < -0.39 is 0 Å². The fourth-order valence-electron chi connectivity index (χ4n) is 2.39. The number of rotatable bonds is 6. The van der Waals surface area contributed by atoms with Gasteiger partial charge in [0.2, 0.25) is 5.95 Å². The van der Waals surface area contributed by atoms with E-state index in [9.17, 15) is 4.79 Å². The van der Waals surface area contributed by atoms with E-state index in [4.69, 9.17) is 10.5 Å². The Balaban J connectivity index is 2.30. The van der Waals surface area contributed by atoms with Crippen molar-refractivity contribution in [3.05, 3.63) is 45.7 Å². The topological polar surface area (TPSA) is 81.3 Å².